The van der Waals surface area contributed by atoms with Crippen molar-refractivity contribution in [3.8, 4) is 34.7 Å². The summed E-state index contributed by atoms with van der Waals surface area (Å²) in [6, 6.07) is 15.1. The topological polar surface area (TPSA) is 156 Å². The fraction of sp³-hybridized carbons (Fsp3) is 0.343. The molecule has 0 atom stereocenters. The summed E-state index contributed by atoms with van der Waals surface area (Å²) >= 11 is 0. The molecule has 1 fully saturated rings. The van der Waals surface area contributed by atoms with Crippen LogP contribution in [0, 0.1) is 22.7 Å². The van der Waals surface area contributed by atoms with Gasteiger partial charge in [-0.3, -0.25) is 14.5 Å². The molecular formula is C35H33F3N10O2. The van der Waals surface area contributed by atoms with Gasteiger partial charge in [-0.15, -0.1) is 10.2 Å². The number of carbonyl (C=O) groups excluding carboxylic acids is 2. The summed E-state index contributed by atoms with van der Waals surface area (Å²) in [7, 11) is 1.77. The number of aryl methyl sites for hydroxylation is 1. The molecule has 0 saturated carbocycles. The van der Waals surface area contributed by atoms with Crippen molar-refractivity contribution in [2.24, 2.45) is 7.05 Å². The van der Waals surface area contributed by atoms with Crippen LogP contribution in [-0.4, -0.2) is 62.1 Å². The molecule has 2 aromatic heterocycles. The van der Waals surface area contributed by atoms with Crippen molar-refractivity contribution >= 4 is 23.5 Å². The predicted molar refractivity (Wildman–Crippen MR) is 177 cm³/mol. The van der Waals surface area contributed by atoms with Crippen LogP contribution in [0.3, 0.4) is 0 Å². The molecule has 0 spiro atoms. The number of nitriles is 2. The molecule has 50 heavy (non-hydrogen) atoms. The minimum absolute atomic E-state index is 0.00778. The maximum atomic E-state index is 14.5. The Kier molecular flexibility index (Phi) is 9.52. The van der Waals surface area contributed by atoms with E-state index in [1.54, 1.807) is 46.8 Å². The van der Waals surface area contributed by atoms with Crippen LogP contribution in [0.1, 0.15) is 58.8 Å². The third-order valence-electron chi connectivity index (χ3n) is 8.99. The van der Waals surface area contributed by atoms with Crippen molar-refractivity contribution in [2.75, 3.05) is 29.9 Å². The van der Waals surface area contributed by atoms with Gasteiger partial charge in [-0.25, -0.2) is 4.98 Å². The van der Waals surface area contributed by atoms with Gasteiger partial charge in [0.1, 0.15) is 18.0 Å². The van der Waals surface area contributed by atoms with Crippen LogP contribution in [0.4, 0.5) is 24.8 Å². The molecule has 4 aromatic rings. The first-order chi connectivity index (χ1) is 24.0. The molecule has 2 amide bonds. The number of hydrogen-bond acceptors (Lipinski definition) is 9. The van der Waals surface area contributed by atoms with Crippen molar-refractivity contribution in [1.82, 2.24) is 30.0 Å². The first-order valence-corrected chi connectivity index (χ1v) is 16.0. The van der Waals surface area contributed by atoms with Crippen molar-refractivity contribution in [3.63, 3.8) is 0 Å². The molecule has 15 heteroatoms. The third-order valence-corrected chi connectivity index (χ3v) is 8.99. The maximum Gasteiger partial charge on any atom is 0.416 e. The zero-order valence-corrected chi connectivity index (χ0v) is 27.4. The Bertz CT molecular complexity index is 2040. The van der Waals surface area contributed by atoms with Gasteiger partial charge in [-0.05, 0) is 77.6 Å². The molecule has 0 bridgehead atoms. The van der Waals surface area contributed by atoms with Gasteiger partial charge in [0.2, 0.25) is 5.91 Å². The van der Waals surface area contributed by atoms with Crippen LogP contribution in [0.15, 0.2) is 48.8 Å². The van der Waals surface area contributed by atoms with E-state index in [1.807, 2.05) is 6.07 Å². The lowest BCUT2D eigenvalue weighted by Gasteiger charge is -2.32. The second-order valence-electron chi connectivity index (χ2n) is 12.3. The van der Waals surface area contributed by atoms with E-state index < -0.39 is 17.6 Å². The Morgan fingerprint density at radius 1 is 1.06 bits per heavy atom. The van der Waals surface area contributed by atoms with Gasteiger partial charge in [0, 0.05) is 57.3 Å². The molecule has 2 N–H and O–H groups in total. The number of alkyl halides is 3. The Morgan fingerprint density at radius 2 is 1.84 bits per heavy atom. The van der Waals surface area contributed by atoms with Crippen LogP contribution in [0.5, 0.6) is 0 Å². The average molecular weight is 683 g/mol. The molecule has 256 valence electrons. The quantitative estimate of drug-likeness (QED) is 0.232. The molecule has 2 aliphatic heterocycles. The van der Waals surface area contributed by atoms with Gasteiger partial charge in [-0.1, -0.05) is 0 Å². The lowest BCUT2D eigenvalue weighted by Crippen LogP contribution is -2.44. The molecule has 1 saturated heterocycles. The Morgan fingerprint density at radius 3 is 2.50 bits per heavy atom. The minimum Gasteiger partial charge on any atom is -0.369 e. The number of pyridine rings is 1. The van der Waals surface area contributed by atoms with Crippen LogP contribution in [-0.2, 0) is 31.1 Å². The molecular weight excluding hydrogens is 649 g/mol. The number of fused-ring (bicyclic) bond motifs is 1. The number of amides is 2. The molecule has 2 aromatic carbocycles. The Labute approximate surface area is 286 Å². The highest BCUT2D eigenvalue weighted by molar-refractivity contribution is 6.10. The zero-order chi connectivity index (χ0) is 35.6. The number of rotatable bonds is 9. The average Bonchev–Trinajstić information content (AvgIpc) is 3.68. The summed E-state index contributed by atoms with van der Waals surface area (Å²) in [5, 5.41) is 33.4. The van der Waals surface area contributed by atoms with E-state index >= 15 is 0 Å². The minimum atomic E-state index is -4.72. The van der Waals surface area contributed by atoms with Gasteiger partial charge in [0.15, 0.2) is 5.82 Å². The standard InChI is InChI=1S/C35H33F3N10O2/c1-21(49)47-10-6-25(7-11-47)42-18-23-13-28-29(30(14-23)35(36,37)38)19-48(34(28)50)32-16-24(15-31(44-32)41-9-3-8-39)27-12-22(17-40)4-5-26(27)33-45-43-20-46(33)2/h4-5,12-16,20,25,42H,3,6-7,9-11,18-19H2,1-2H3,(H,41,44). The number of nitrogens with one attached hydrogen (secondary N) is 2. The molecule has 0 aliphatic carbocycles. The van der Waals surface area contributed by atoms with E-state index in [2.05, 4.69) is 31.9 Å². The number of piperidine rings is 1. The summed E-state index contributed by atoms with van der Waals surface area (Å²) in [5.41, 5.74) is 1.31. The fourth-order valence-corrected chi connectivity index (χ4v) is 6.39. The van der Waals surface area contributed by atoms with Crippen molar-refractivity contribution < 1.29 is 22.8 Å². The zero-order valence-electron chi connectivity index (χ0n) is 27.4. The summed E-state index contributed by atoms with van der Waals surface area (Å²) in [5.74, 6) is 0.256. The van der Waals surface area contributed by atoms with Gasteiger partial charge in [0.25, 0.3) is 5.91 Å². The van der Waals surface area contributed by atoms with Crippen molar-refractivity contribution in [3.05, 3.63) is 76.6 Å². The molecule has 0 radical (unpaired) electrons. The number of aromatic nitrogens is 4. The molecule has 6 rings (SSSR count). The first kappa shape index (κ1) is 34.1. The second kappa shape index (κ2) is 14.0. The monoisotopic (exact) mass is 682 g/mol. The normalized spacial score (nSPS) is 14.7. The van der Waals surface area contributed by atoms with E-state index in [0.29, 0.717) is 65.4 Å². The van der Waals surface area contributed by atoms with Gasteiger partial charge in [-0.2, -0.15) is 23.7 Å². The number of benzene rings is 2. The molecule has 4 heterocycles. The molecule has 12 nitrogen and oxygen atoms in total. The van der Waals surface area contributed by atoms with Crippen LogP contribution in [0.25, 0.3) is 22.5 Å². The third kappa shape index (κ3) is 6.99. The number of carbonyl (C=O) groups is 2. The van der Waals surface area contributed by atoms with Gasteiger partial charge in [0.05, 0.1) is 36.2 Å². The highest BCUT2D eigenvalue weighted by atomic mass is 19.4. The van der Waals surface area contributed by atoms with Crippen LogP contribution in [0.2, 0.25) is 0 Å². The Hall–Kier alpha value is -5.80. The summed E-state index contributed by atoms with van der Waals surface area (Å²) in [6.45, 7) is 2.64. The SMILES string of the molecule is CC(=O)N1CCC(NCc2cc3c(c(C(F)(F)F)c2)CN(c2cc(-c4cc(C#N)ccc4-c4nncn4C)cc(NCCC#N)n2)C3=O)CC1. The largest absolute Gasteiger partial charge is 0.416 e. The maximum absolute atomic E-state index is 14.5. The summed E-state index contributed by atoms with van der Waals surface area (Å²) in [6.07, 6.45) is -1.68. The van der Waals surface area contributed by atoms with E-state index in [-0.39, 0.29) is 54.9 Å². The molecule has 2 aliphatic rings. The Balaban J connectivity index is 1.37. The lowest BCUT2D eigenvalue weighted by atomic mass is 9.97. The first-order valence-electron chi connectivity index (χ1n) is 16.0. The van der Waals surface area contributed by atoms with E-state index in [9.17, 15) is 28.0 Å². The fourth-order valence-electron chi connectivity index (χ4n) is 6.39. The van der Waals surface area contributed by atoms with Crippen LogP contribution < -0.4 is 15.5 Å². The molecule has 0 unspecified atom stereocenters. The van der Waals surface area contributed by atoms with E-state index in [4.69, 9.17) is 5.26 Å². The van der Waals surface area contributed by atoms with E-state index in [1.165, 1.54) is 24.2 Å². The summed E-state index contributed by atoms with van der Waals surface area (Å²) < 4.78 is 45.3. The van der Waals surface area contributed by atoms with Crippen molar-refractivity contribution in [1.29, 1.82) is 10.5 Å². The van der Waals surface area contributed by atoms with Crippen molar-refractivity contribution in [2.45, 2.75) is 51.5 Å². The van der Waals surface area contributed by atoms with E-state index in [0.717, 1.165) is 6.07 Å². The number of halogens is 3. The second-order valence-corrected chi connectivity index (χ2v) is 12.3. The highest BCUT2D eigenvalue weighted by Gasteiger charge is 2.41. The number of hydrogen-bond donors (Lipinski definition) is 2. The number of nitrogens with zero attached hydrogens (tertiary/aromatic N) is 8. The summed E-state index contributed by atoms with van der Waals surface area (Å²) in [4.78, 5) is 33.2. The van der Waals surface area contributed by atoms with Gasteiger partial charge >= 0.3 is 6.18 Å². The number of likely N-dealkylation sites (tertiary alicyclic amines) is 1. The predicted octanol–water partition coefficient (Wildman–Crippen LogP) is 5.02. The lowest BCUT2D eigenvalue weighted by molar-refractivity contribution is -0.138. The van der Waals surface area contributed by atoms with Gasteiger partial charge < -0.3 is 20.1 Å². The number of anilines is 2. The van der Waals surface area contributed by atoms with Crippen LogP contribution >= 0.6 is 0 Å². The highest BCUT2D eigenvalue weighted by Crippen LogP contribution is 2.41. The smallest absolute Gasteiger partial charge is 0.369 e.